The van der Waals surface area contributed by atoms with Gasteiger partial charge in [0.25, 0.3) is 0 Å². The zero-order valence-electron chi connectivity index (χ0n) is 6.12. The molecule has 2 rings (SSSR count). The van der Waals surface area contributed by atoms with E-state index in [0.29, 0.717) is 0 Å². The van der Waals surface area contributed by atoms with Crippen LogP contribution in [0, 0.1) is 0 Å². The molecule has 11 heavy (non-hydrogen) atoms. The van der Waals surface area contributed by atoms with Crippen LogP contribution in [0.5, 0.6) is 0 Å². The van der Waals surface area contributed by atoms with Crippen LogP contribution >= 0.6 is 33.9 Å². The van der Waals surface area contributed by atoms with Crippen LogP contribution < -0.4 is 0 Å². The lowest BCUT2D eigenvalue weighted by Crippen LogP contribution is -1.61. The van der Waals surface area contributed by atoms with Crippen LogP contribution in [-0.4, -0.2) is 9.91 Å². The Labute approximate surface area is 83.6 Å². The van der Waals surface area contributed by atoms with E-state index in [1.807, 2.05) is 28.6 Å². The summed E-state index contributed by atoms with van der Waals surface area (Å²) in [4.78, 5) is 6.11. The second-order valence-electron chi connectivity index (χ2n) is 1.82. The van der Waals surface area contributed by atoms with E-state index in [4.69, 9.17) is 0 Å². The minimum Gasteiger partial charge on any atom is -0.245 e. The molecule has 1 aromatic heterocycles. The number of aromatic nitrogens is 1. The van der Waals surface area contributed by atoms with Crippen LogP contribution in [-0.2, 0) is 0 Å². The number of para-hydroxylation sites is 1. The number of fused-ring (bicyclic) bond motifs is 1. The largest absolute Gasteiger partial charge is 0.245 e. The monoisotopic (exact) mass is 277 g/mol. The molecule has 0 fully saturated rings. The lowest BCUT2D eigenvalue weighted by Gasteiger charge is -1.80. The highest BCUT2D eigenvalue weighted by Crippen LogP contribution is 2.15. The Kier molecular flexibility index (Phi) is 3.79. The first-order chi connectivity index (χ1) is 5.47. The van der Waals surface area contributed by atoms with Crippen molar-refractivity contribution in [2.24, 2.45) is 0 Å². The average molecular weight is 277 g/mol. The fourth-order valence-electron chi connectivity index (χ4n) is 0.803. The van der Waals surface area contributed by atoms with Gasteiger partial charge < -0.3 is 0 Å². The van der Waals surface area contributed by atoms with Crippen LogP contribution in [0.15, 0.2) is 29.8 Å². The molecule has 2 aromatic rings. The van der Waals surface area contributed by atoms with Gasteiger partial charge in [-0.25, -0.2) is 4.98 Å². The van der Waals surface area contributed by atoms with Crippen LogP contribution in [0.25, 0.3) is 10.2 Å². The maximum absolute atomic E-state index is 4.14. The van der Waals surface area contributed by atoms with Gasteiger partial charge in [-0.2, -0.15) is 0 Å². The Morgan fingerprint density at radius 2 is 2.00 bits per heavy atom. The highest BCUT2D eigenvalue weighted by molar-refractivity contribution is 14.1. The van der Waals surface area contributed by atoms with Gasteiger partial charge in [0.15, 0.2) is 0 Å². The molecule has 0 unspecified atom stereocenters. The molecule has 0 bridgehead atoms. The third kappa shape index (κ3) is 2.13. The molecule has 1 aromatic carbocycles. The van der Waals surface area contributed by atoms with E-state index in [9.17, 15) is 0 Å². The number of rotatable bonds is 0. The maximum Gasteiger partial charge on any atom is 0.0812 e. The molecule has 1 nitrogen and oxygen atoms in total. The van der Waals surface area contributed by atoms with E-state index in [1.165, 1.54) is 4.70 Å². The Morgan fingerprint density at radius 3 is 2.73 bits per heavy atom. The molecular weight excluding hydrogens is 269 g/mol. The van der Waals surface area contributed by atoms with Gasteiger partial charge in [0.05, 0.1) is 15.7 Å². The zero-order chi connectivity index (χ0) is 8.10. The third-order valence-electron chi connectivity index (χ3n) is 1.24. The van der Waals surface area contributed by atoms with Gasteiger partial charge in [0.2, 0.25) is 0 Å². The summed E-state index contributed by atoms with van der Waals surface area (Å²) in [6.45, 7) is 0. The molecule has 0 saturated carbocycles. The highest BCUT2D eigenvalue weighted by Gasteiger charge is 1.89. The summed E-state index contributed by atoms with van der Waals surface area (Å²) in [7, 11) is 0. The first-order valence-corrected chi connectivity index (χ1v) is 6.16. The topological polar surface area (TPSA) is 12.9 Å². The van der Waals surface area contributed by atoms with E-state index >= 15 is 0 Å². The zero-order valence-corrected chi connectivity index (χ0v) is 9.09. The van der Waals surface area contributed by atoms with Gasteiger partial charge in [-0.3, -0.25) is 0 Å². The Bertz CT molecular complexity index is 288. The van der Waals surface area contributed by atoms with Crippen molar-refractivity contribution >= 4 is 44.1 Å². The predicted molar refractivity (Wildman–Crippen MR) is 59.6 cm³/mol. The Hall–Kier alpha value is -0.160. The minimum atomic E-state index is 1.10. The number of benzene rings is 1. The summed E-state index contributed by atoms with van der Waals surface area (Å²) in [5.41, 5.74) is 2.97. The van der Waals surface area contributed by atoms with Crippen molar-refractivity contribution in [1.29, 1.82) is 0 Å². The van der Waals surface area contributed by atoms with Crippen molar-refractivity contribution in [3.63, 3.8) is 0 Å². The molecule has 0 N–H and O–H groups in total. The van der Waals surface area contributed by atoms with Crippen LogP contribution in [0.3, 0.4) is 0 Å². The molecule has 3 heteroatoms. The van der Waals surface area contributed by atoms with Gasteiger partial charge in [0.1, 0.15) is 0 Å². The molecule has 0 radical (unpaired) electrons. The standard InChI is InChI=1S/C7H5NS.CH3I/c1-2-4-7-6(3-1)8-5-9-7;1-2/h1-5H;1H3. The van der Waals surface area contributed by atoms with Crippen LogP contribution in [0.1, 0.15) is 0 Å². The molecular formula is C8H8INS. The van der Waals surface area contributed by atoms with Gasteiger partial charge in [0, 0.05) is 0 Å². The van der Waals surface area contributed by atoms with Crippen molar-refractivity contribution < 1.29 is 0 Å². The first kappa shape index (κ1) is 8.93. The first-order valence-electron chi connectivity index (χ1n) is 3.13. The summed E-state index contributed by atoms with van der Waals surface area (Å²) >= 11 is 3.83. The van der Waals surface area contributed by atoms with Crippen molar-refractivity contribution in [1.82, 2.24) is 4.98 Å². The number of alkyl halides is 1. The molecule has 0 aliphatic heterocycles. The summed E-state index contributed by atoms with van der Waals surface area (Å²) in [5, 5.41) is 0. The lowest BCUT2D eigenvalue weighted by atomic mass is 10.3. The number of hydrogen-bond donors (Lipinski definition) is 0. The van der Waals surface area contributed by atoms with Crippen molar-refractivity contribution in [2.75, 3.05) is 4.93 Å². The molecule has 0 aliphatic rings. The van der Waals surface area contributed by atoms with E-state index < -0.39 is 0 Å². The highest BCUT2D eigenvalue weighted by atomic mass is 127. The molecule has 0 spiro atoms. The molecule has 0 amide bonds. The number of hydrogen-bond acceptors (Lipinski definition) is 2. The van der Waals surface area contributed by atoms with Crippen molar-refractivity contribution in [3.05, 3.63) is 29.8 Å². The summed E-state index contributed by atoms with van der Waals surface area (Å²) < 4.78 is 1.26. The maximum atomic E-state index is 4.14. The minimum absolute atomic E-state index is 1.10. The fourth-order valence-corrected chi connectivity index (χ4v) is 1.48. The number of nitrogens with zero attached hydrogens (tertiary/aromatic N) is 1. The second kappa shape index (κ2) is 4.66. The van der Waals surface area contributed by atoms with Crippen LogP contribution in [0.4, 0.5) is 0 Å². The summed E-state index contributed by atoms with van der Waals surface area (Å²) in [6, 6.07) is 8.13. The van der Waals surface area contributed by atoms with Crippen LogP contribution in [0.2, 0.25) is 0 Å². The van der Waals surface area contributed by atoms with Crippen molar-refractivity contribution in [2.45, 2.75) is 0 Å². The lowest BCUT2D eigenvalue weighted by molar-refractivity contribution is 1.50. The second-order valence-corrected chi connectivity index (χ2v) is 2.71. The van der Waals surface area contributed by atoms with E-state index in [2.05, 4.69) is 33.6 Å². The van der Waals surface area contributed by atoms with Gasteiger partial charge in [-0.05, 0) is 17.1 Å². The quantitative estimate of drug-likeness (QED) is 0.531. The molecule has 1 heterocycles. The SMILES string of the molecule is CI.c1ccc2scnc2c1. The smallest absolute Gasteiger partial charge is 0.0812 e. The number of halogens is 1. The Balaban J connectivity index is 0.000000281. The van der Waals surface area contributed by atoms with Gasteiger partial charge in [-0.1, -0.05) is 34.7 Å². The van der Waals surface area contributed by atoms with E-state index in [0.717, 1.165) is 5.52 Å². The molecule has 0 aliphatic carbocycles. The molecule has 0 atom stereocenters. The summed E-state index contributed by atoms with van der Waals surface area (Å²) in [5.74, 6) is 0. The fraction of sp³-hybridized carbons (Fsp3) is 0.125. The average Bonchev–Trinajstić information content (AvgIpc) is 2.55. The predicted octanol–water partition coefficient (Wildman–Crippen LogP) is 3.35. The number of thiazole rings is 1. The molecule has 0 saturated heterocycles. The third-order valence-corrected chi connectivity index (χ3v) is 2.05. The Morgan fingerprint density at radius 1 is 1.27 bits per heavy atom. The normalized spacial score (nSPS) is 8.91. The van der Waals surface area contributed by atoms with Crippen molar-refractivity contribution in [3.8, 4) is 0 Å². The van der Waals surface area contributed by atoms with E-state index in [-0.39, 0.29) is 0 Å². The van der Waals surface area contributed by atoms with E-state index in [1.54, 1.807) is 11.3 Å². The van der Waals surface area contributed by atoms with Gasteiger partial charge in [-0.15, -0.1) is 11.3 Å². The molecule has 58 valence electrons. The van der Waals surface area contributed by atoms with Gasteiger partial charge >= 0.3 is 0 Å². The summed E-state index contributed by atoms with van der Waals surface area (Å²) in [6.07, 6.45) is 0.